The number of aromatic nitrogens is 1. The molecule has 0 bridgehead atoms. The minimum Gasteiger partial charge on any atom is -0.493 e. The van der Waals surface area contributed by atoms with Crippen molar-refractivity contribution < 1.29 is 23.9 Å². The molecule has 5 N–H and O–H groups in total. The number of ether oxygens (including phenoxy) is 2. The van der Waals surface area contributed by atoms with Crippen LogP contribution in [0, 0.1) is 5.41 Å². The summed E-state index contributed by atoms with van der Waals surface area (Å²) in [5.74, 6) is 0.0802. The largest absolute Gasteiger partial charge is 0.493 e. The van der Waals surface area contributed by atoms with Gasteiger partial charge in [-0.1, -0.05) is 0 Å². The summed E-state index contributed by atoms with van der Waals surface area (Å²) in [6, 6.07) is 4.87. The number of carbonyl (C=O) groups excluding carboxylic acids is 3. The van der Waals surface area contributed by atoms with Crippen LogP contribution in [0.5, 0.6) is 11.5 Å². The third-order valence-corrected chi connectivity index (χ3v) is 6.25. The molecule has 0 radical (unpaired) electrons. The van der Waals surface area contributed by atoms with Crippen molar-refractivity contribution in [3.63, 3.8) is 0 Å². The van der Waals surface area contributed by atoms with Gasteiger partial charge in [0.2, 0.25) is 5.91 Å². The average molecular weight is 510 g/mol. The van der Waals surface area contributed by atoms with Crippen LogP contribution in [0.2, 0.25) is 0 Å². The number of fused-ring (bicyclic) bond motifs is 2. The number of amides is 3. The Bertz CT molecular complexity index is 1250. The number of anilines is 1. The molecular formula is C25H31N7O5. The number of benzene rings is 1. The normalized spacial score (nSPS) is 16.0. The molecule has 4 rings (SSSR count). The van der Waals surface area contributed by atoms with Gasteiger partial charge in [-0.05, 0) is 25.0 Å². The highest BCUT2D eigenvalue weighted by molar-refractivity contribution is 6.03. The second kappa shape index (κ2) is 11.1. The second-order valence-electron chi connectivity index (χ2n) is 8.91. The number of carbonyl (C=O) groups is 3. The molecule has 0 spiro atoms. The van der Waals surface area contributed by atoms with E-state index in [0.29, 0.717) is 40.7 Å². The summed E-state index contributed by atoms with van der Waals surface area (Å²) >= 11 is 0. The van der Waals surface area contributed by atoms with Crippen LogP contribution in [-0.2, 0) is 11.8 Å². The number of aryl methyl sites for hydroxylation is 1. The van der Waals surface area contributed by atoms with Crippen molar-refractivity contribution in [2.75, 3.05) is 32.1 Å². The number of nitrogens with two attached hydrogens (primary N) is 1. The monoisotopic (exact) mass is 509 g/mol. The fraction of sp³-hybridized carbons (Fsp3) is 0.400. The van der Waals surface area contributed by atoms with E-state index in [4.69, 9.17) is 20.6 Å². The van der Waals surface area contributed by atoms with Gasteiger partial charge in [-0.25, -0.2) is 0 Å². The Labute approximate surface area is 214 Å². The Morgan fingerprint density at radius 3 is 2.81 bits per heavy atom. The van der Waals surface area contributed by atoms with Gasteiger partial charge in [0.15, 0.2) is 11.5 Å². The Morgan fingerprint density at radius 2 is 2.05 bits per heavy atom. The smallest absolute Gasteiger partial charge is 0.267 e. The molecule has 1 aromatic heterocycles. The van der Waals surface area contributed by atoms with Crippen molar-refractivity contribution in [1.29, 1.82) is 5.41 Å². The third-order valence-electron chi connectivity index (χ3n) is 6.25. The number of nitrogens with zero attached hydrogens (tertiary/aromatic N) is 3. The molecule has 1 aromatic carbocycles. The van der Waals surface area contributed by atoms with E-state index in [1.165, 1.54) is 7.11 Å². The van der Waals surface area contributed by atoms with E-state index < -0.39 is 0 Å². The van der Waals surface area contributed by atoms with E-state index in [1.807, 2.05) is 4.90 Å². The van der Waals surface area contributed by atoms with Crippen molar-refractivity contribution in [2.45, 2.75) is 31.7 Å². The van der Waals surface area contributed by atoms with Crippen LogP contribution in [0.25, 0.3) is 0 Å². The molecule has 0 aliphatic carbocycles. The first kappa shape index (κ1) is 25.7. The van der Waals surface area contributed by atoms with E-state index in [-0.39, 0.29) is 55.6 Å². The highest BCUT2D eigenvalue weighted by atomic mass is 16.5. The molecule has 12 nitrogen and oxygen atoms in total. The zero-order valence-corrected chi connectivity index (χ0v) is 20.9. The lowest BCUT2D eigenvalue weighted by molar-refractivity contribution is -0.116. The lowest BCUT2D eigenvalue weighted by Crippen LogP contribution is -2.35. The molecule has 2 aromatic rings. The van der Waals surface area contributed by atoms with Gasteiger partial charge < -0.3 is 35.3 Å². The van der Waals surface area contributed by atoms with Gasteiger partial charge in [-0.3, -0.25) is 24.8 Å². The summed E-state index contributed by atoms with van der Waals surface area (Å²) in [7, 11) is 3.19. The number of hydrogen-bond donors (Lipinski definition) is 4. The standard InChI is InChI=1S/C25H31N7O5/c1-31-14-15(10-19(31)24(34)28-7-5-22(26)27)30-23(33)6-9-37-21-12-18-17(11-20(21)36-2)25(35)32-8-3-4-16(32)13-29-18/h10-14,16H,3-9H2,1-2H3,(H3,26,27)(H,28,34)(H,30,33)/t16-/m0/s1. The zero-order valence-electron chi connectivity index (χ0n) is 20.9. The Morgan fingerprint density at radius 1 is 1.24 bits per heavy atom. The first-order valence-corrected chi connectivity index (χ1v) is 12.0. The number of aliphatic imine (C=N–C) groups is 1. The number of nitrogens with one attached hydrogen (secondary N) is 3. The Balaban J connectivity index is 1.34. The predicted octanol–water partition coefficient (Wildman–Crippen LogP) is 1.82. The van der Waals surface area contributed by atoms with Crippen LogP contribution in [-0.4, -0.2) is 72.1 Å². The van der Waals surface area contributed by atoms with Gasteiger partial charge >= 0.3 is 0 Å². The van der Waals surface area contributed by atoms with E-state index >= 15 is 0 Å². The van der Waals surface area contributed by atoms with E-state index in [2.05, 4.69) is 15.6 Å². The summed E-state index contributed by atoms with van der Waals surface area (Å²) in [4.78, 5) is 44.1. The first-order valence-electron chi connectivity index (χ1n) is 12.0. The average Bonchev–Trinajstić information content (AvgIpc) is 3.45. The van der Waals surface area contributed by atoms with Gasteiger partial charge in [0.1, 0.15) is 5.69 Å². The van der Waals surface area contributed by atoms with E-state index in [9.17, 15) is 14.4 Å². The minimum absolute atomic E-state index is 0.00378. The van der Waals surface area contributed by atoms with Crippen LogP contribution in [0.3, 0.4) is 0 Å². The van der Waals surface area contributed by atoms with Crippen molar-refractivity contribution in [2.24, 2.45) is 17.8 Å². The van der Waals surface area contributed by atoms with Crippen molar-refractivity contribution in [1.82, 2.24) is 14.8 Å². The number of hydrogen-bond acceptors (Lipinski definition) is 7. The molecule has 0 saturated carbocycles. The molecule has 1 saturated heterocycles. The molecule has 2 aliphatic heterocycles. The molecule has 3 heterocycles. The van der Waals surface area contributed by atoms with Gasteiger partial charge in [-0.2, -0.15) is 0 Å². The maximum absolute atomic E-state index is 13.0. The molecule has 1 fully saturated rings. The highest BCUT2D eigenvalue weighted by Gasteiger charge is 2.32. The summed E-state index contributed by atoms with van der Waals surface area (Å²) in [6.45, 7) is 1.03. The van der Waals surface area contributed by atoms with E-state index in [1.54, 1.807) is 42.2 Å². The molecule has 37 heavy (non-hydrogen) atoms. The molecule has 0 unspecified atom stereocenters. The third kappa shape index (κ3) is 5.90. The van der Waals surface area contributed by atoms with Gasteiger partial charge in [0.25, 0.3) is 11.8 Å². The maximum Gasteiger partial charge on any atom is 0.267 e. The number of rotatable bonds is 10. The fourth-order valence-electron chi connectivity index (χ4n) is 4.36. The van der Waals surface area contributed by atoms with Gasteiger partial charge in [0.05, 0.1) is 49.0 Å². The van der Waals surface area contributed by atoms with Gasteiger partial charge in [0, 0.05) is 45.0 Å². The molecule has 12 heteroatoms. The van der Waals surface area contributed by atoms with Crippen LogP contribution >= 0.6 is 0 Å². The van der Waals surface area contributed by atoms with E-state index in [0.717, 1.165) is 12.8 Å². The van der Waals surface area contributed by atoms with Gasteiger partial charge in [-0.15, -0.1) is 0 Å². The Kier molecular flexibility index (Phi) is 7.75. The number of amidine groups is 1. The highest BCUT2D eigenvalue weighted by Crippen LogP contribution is 2.38. The van der Waals surface area contributed by atoms with Crippen LogP contribution in [0.15, 0.2) is 29.4 Å². The molecule has 3 amide bonds. The van der Waals surface area contributed by atoms with Crippen LogP contribution < -0.4 is 25.8 Å². The lowest BCUT2D eigenvalue weighted by Gasteiger charge is -2.20. The summed E-state index contributed by atoms with van der Waals surface area (Å²) < 4.78 is 12.9. The summed E-state index contributed by atoms with van der Waals surface area (Å²) in [5.41, 5.74) is 7.11. The van der Waals surface area contributed by atoms with Crippen molar-refractivity contribution >= 4 is 41.1 Å². The Hall–Kier alpha value is -4.35. The molecule has 2 aliphatic rings. The quantitative estimate of drug-likeness (QED) is 0.282. The maximum atomic E-state index is 13.0. The van der Waals surface area contributed by atoms with Crippen molar-refractivity contribution in [3.8, 4) is 11.5 Å². The van der Waals surface area contributed by atoms with Crippen LogP contribution in [0.4, 0.5) is 11.4 Å². The molecule has 196 valence electrons. The number of methoxy groups -OCH3 is 1. The lowest BCUT2D eigenvalue weighted by atomic mass is 10.1. The van der Waals surface area contributed by atoms with Crippen LogP contribution in [0.1, 0.15) is 46.5 Å². The zero-order chi connectivity index (χ0) is 26.5. The summed E-state index contributed by atoms with van der Waals surface area (Å²) in [6.07, 6.45) is 5.60. The minimum atomic E-state index is -0.329. The SMILES string of the molecule is COc1cc2c(cc1OCCC(=O)Nc1cc(C(=O)NCCC(=N)N)n(C)c1)N=C[C@@H]1CCCN1C2=O. The summed E-state index contributed by atoms with van der Waals surface area (Å²) in [5, 5.41) is 12.7. The first-order chi connectivity index (χ1) is 17.8. The molecule has 1 atom stereocenters. The molecular weight excluding hydrogens is 478 g/mol. The fourth-order valence-corrected chi connectivity index (χ4v) is 4.36. The van der Waals surface area contributed by atoms with Crippen molar-refractivity contribution in [3.05, 3.63) is 35.7 Å². The predicted molar refractivity (Wildman–Crippen MR) is 138 cm³/mol. The second-order valence-corrected chi connectivity index (χ2v) is 8.91. The topological polar surface area (TPSA) is 164 Å².